The molecule has 1 aromatic heterocycles. The first kappa shape index (κ1) is 13.7. The average Bonchev–Trinajstić information content (AvgIpc) is 2.75. The Labute approximate surface area is 114 Å². The van der Waals surface area contributed by atoms with E-state index in [-0.39, 0.29) is 0 Å². The van der Waals surface area contributed by atoms with Crippen LogP contribution in [0.3, 0.4) is 0 Å². The predicted molar refractivity (Wildman–Crippen MR) is 75.1 cm³/mol. The van der Waals surface area contributed by atoms with E-state index in [1.54, 1.807) is 0 Å². The van der Waals surface area contributed by atoms with Gasteiger partial charge in [-0.2, -0.15) is 4.98 Å². The highest BCUT2D eigenvalue weighted by atomic mass is 16.5. The van der Waals surface area contributed by atoms with Gasteiger partial charge in [0, 0.05) is 25.9 Å². The summed E-state index contributed by atoms with van der Waals surface area (Å²) in [5.41, 5.74) is 3.97. The van der Waals surface area contributed by atoms with Crippen molar-refractivity contribution in [1.29, 1.82) is 0 Å². The summed E-state index contributed by atoms with van der Waals surface area (Å²) in [6, 6.07) is 6.90. The maximum Gasteiger partial charge on any atom is 0.223 e. The molecule has 0 aliphatic carbocycles. The number of benzene rings is 1. The summed E-state index contributed by atoms with van der Waals surface area (Å²) >= 11 is 0. The molecule has 4 heteroatoms. The molecule has 4 nitrogen and oxygen atoms in total. The molecule has 1 heterocycles. The highest BCUT2D eigenvalue weighted by molar-refractivity contribution is 5.32. The van der Waals surface area contributed by atoms with Gasteiger partial charge in [-0.15, -0.1) is 0 Å². The Bertz CT molecular complexity index is 548. The summed E-state index contributed by atoms with van der Waals surface area (Å²) in [5.74, 6) is 1.38. The van der Waals surface area contributed by atoms with Crippen LogP contribution in [0.15, 0.2) is 22.7 Å². The number of hydrogen-bond acceptors (Lipinski definition) is 4. The van der Waals surface area contributed by atoms with E-state index in [2.05, 4.69) is 54.4 Å². The lowest BCUT2D eigenvalue weighted by molar-refractivity contribution is 0.386. The highest BCUT2D eigenvalue weighted by Crippen LogP contribution is 2.18. The summed E-state index contributed by atoms with van der Waals surface area (Å²) in [6.45, 7) is 9.10. The lowest BCUT2D eigenvalue weighted by atomic mass is 10.0. The molecule has 2 rings (SSSR count). The van der Waals surface area contributed by atoms with Gasteiger partial charge < -0.3 is 9.84 Å². The van der Waals surface area contributed by atoms with Gasteiger partial charge in [-0.3, -0.25) is 0 Å². The Balaban J connectivity index is 1.88. The molecule has 2 aromatic rings. The van der Waals surface area contributed by atoms with Crippen LogP contribution in [0.1, 0.15) is 41.4 Å². The molecule has 0 aliphatic heterocycles. The fourth-order valence-electron chi connectivity index (χ4n) is 2.26. The largest absolute Gasteiger partial charge is 0.340 e. The minimum absolute atomic E-state index is 0.327. The molecule has 1 N–H and O–H groups in total. The van der Waals surface area contributed by atoms with Crippen molar-refractivity contribution in [3.63, 3.8) is 0 Å². The number of rotatable bonds is 5. The van der Waals surface area contributed by atoms with Crippen molar-refractivity contribution in [1.82, 2.24) is 15.5 Å². The third-order valence-electron chi connectivity index (χ3n) is 3.26. The van der Waals surface area contributed by atoms with Gasteiger partial charge in [0.1, 0.15) is 0 Å². The zero-order chi connectivity index (χ0) is 13.8. The van der Waals surface area contributed by atoms with Crippen LogP contribution in [-0.2, 0) is 6.42 Å². The summed E-state index contributed by atoms with van der Waals surface area (Å²) in [7, 11) is 0. The molecule has 0 radical (unpaired) electrons. The smallest absolute Gasteiger partial charge is 0.223 e. The molecule has 19 heavy (non-hydrogen) atoms. The van der Waals surface area contributed by atoms with E-state index in [9.17, 15) is 0 Å². The maximum atomic E-state index is 4.95. The van der Waals surface area contributed by atoms with Gasteiger partial charge in [0.2, 0.25) is 5.89 Å². The van der Waals surface area contributed by atoms with Crippen molar-refractivity contribution in [2.45, 2.75) is 40.2 Å². The van der Waals surface area contributed by atoms with Gasteiger partial charge in [-0.1, -0.05) is 28.9 Å². The maximum absolute atomic E-state index is 4.95. The van der Waals surface area contributed by atoms with Gasteiger partial charge in [0.15, 0.2) is 5.82 Å². The van der Waals surface area contributed by atoms with E-state index >= 15 is 0 Å². The lowest BCUT2D eigenvalue weighted by Crippen LogP contribution is -2.22. The predicted octanol–water partition coefficient (Wildman–Crippen LogP) is 2.89. The number of hydrogen-bond donors (Lipinski definition) is 1. The normalized spacial score (nSPS) is 12.6. The van der Waals surface area contributed by atoms with E-state index in [4.69, 9.17) is 4.52 Å². The SMILES string of the molecule is Cc1ccc(C(C)NCCc2noc(C)n2)c(C)c1. The highest BCUT2D eigenvalue weighted by Gasteiger charge is 2.08. The van der Waals surface area contributed by atoms with Crippen LogP contribution in [0, 0.1) is 20.8 Å². The summed E-state index contributed by atoms with van der Waals surface area (Å²) in [4.78, 5) is 4.19. The topological polar surface area (TPSA) is 51.0 Å². The number of nitrogens with one attached hydrogen (secondary N) is 1. The number of nitrogens with zero attached hydrogens (tertiary/aromatic N) is 2. The Morgan fingerprint density at radius 3 is 2.68 bits per heavy atom. The molecule has 0 amide bonds. The quantitative estimate of drug-likeness (QED) is 0.897. The number of aryl methyl sites for hydroxylation is 3. The van der Waals surface area contributed by atoms with E-state index in [0.29, 0.717) is 11.9 Å². The van der Waals surface area contributed by atoms with Crippen LogP contribution in [0.2, 0.25) is 0 Å². The van der Waals surface area contributed by atoms with Crippen molar-refractivity contribution < 1.29 is 4.52 Å². The van der Waals surface area contributed by atoms with Crippen molar-refractivity contribution >= 4 is 0 Å². The Kier molecular flexibility index (Phi) is 4.32. The first-order valence-corrected chi connectivity index (χ1v) is 6.66. The molecular formula is C15H21N3O. The Morgan fingerprint density at radius 1 is 1.26 bits per heavy atom. The summed E-state index contributed by atoms with van der Waals surface area (Å²) < 4.78 is 4.95. The van der Waals surface area contributed by atoms with Crippen LogP contribution < -0.4 is 5.32 Å². The van der Waals surface area contributed by atoms with Crippen LogP contribution in [0.25, 0.3) is 0 Å². The molecule has 0 aliphatic rings. The van der Waals surface area contributed by atoms with Gasteiger partial charge in [-0.05, 0) is 31.9 Å². The fourth-order valence-corrected chi connectivity index (χ4v) is 2.26. The monoisotopic (exact) mass is 259 g/mol. The zero-order valence-electron chi connectivity index (χ0n) is 12.0. The zero-order valence-corrected chi connectivity index (χ0v) is 12.0. The fraction of sp³-hybridized carbons (Fsp3) is 0.467. The van der Waals surface area contributed by atoms with Crippen LogP contribution in [-0.4, -0.2) is 16.7 Å². The molecule has 0 bridgehead atoms. The molecule has 0 saturated heterocycles. The van der Waals surface area contributed by atoms with Gasteiger partial charge >= 0.3 is 0 Å². The van der Waals surface area contributed by atoms with Crippen molar-refractivity contribution in [2.24, 2.45) is 0 Å². The first-order chi connectivity index (χ1) is 9.06. The molecule has 0 saturated carbocycles. The van der Waals surface area contributed by atoms with Gasteiger partial charge in [-0.25, -0.2) is 0 Å². The minimum Gasteiger partial charge on any atom is -0.340 e. The number of aromatic nitrogens is 2. The second-order valence-corrected chi connectivity index (χ2v) is 5.02. The van der Waals surface area contributed by atoms with E-state index in [0.717, 1.165) is 18.8 Å². The Hall–Kier alpha value is -1.68. The van der Waals surface area contributed by atoms with Crippen LogP contribution in [0.5, 0.6) is 0 Å². The molecule has 0 spiro atoms. The van der Waals surface area contributed by atoms with Crippen LogP contribution >= 0.6 is 0 Å². The summed E-state index contributed by atoms with van der Waals surface area (Å²) in [6.07, 6.45) is 0.784. The van der Waals surface area contributed by atoms with Gasteiger partial charge in [0.05, 0.1) is 0 Å². The van der Waals surface area contributed by atoms with Gasteiger partial charge in [0.25, 0.3) is 0 Å². The average molecular weight is 259 g/mol. The molecular weight excluding hydrogens is 238 g/mol. The Morgan fingerprint density at radius 2 is 2.05 bits per heavy atom. The third-order valence-corrected chi connectivity index (χ3v) is 3.26. The third kappa shape index (κ3) is 3.64. The lowest BCUT2D eigenvalue weighted by Gasteiger charge is -2.16. The van der Waals surface area contributed by atoms with E-state index in [1.807, 2.05) is 6.92 Å². The molecule has 0 fully saturated rings. The standard InChI is InChI=1S/C15H21N3O/c1-10-5-6-14(11(2)9-10)12(3)16-8-7-15-17-13(4)19-18-15/h5-6,9,12,16H,7-8H2,1-4H3. The summed E-state index contributed by atoms with van der Waals surface area (Å²) in [5, 5.41) is 7.38. The molecule has 1 unspecified atom stereocenters. The molecule has 1 atom stereocenters. The second-order valence-electron chi connectivity index (χ2n) is 5.02. The molecule has 102 valence electrons. The van der Waals surface area contributed by atoms with Crippen LogP contribution in [0.4, 0.5) is 0 Å². The first-order valence-electron chi connectivity index (χ1n) is 6.66. The second kappa shape index (κ2) is 5.97. The van der Waals surface area contributed by atoms with E-state index < -0.39 is 0 Å². The van der Waals surface area contributed by atoms with Crippen molar-refractivity contribution in [2.75, 3.05) is 6.54 Å². The minimum atomic E-state index is 0.327. The van der Waals surface area contributed by atoms with Crippen molar-refractivity contribution in [3.8, 4) is 0 Å². The van der Waals surface area contributed by atoms with E-state index in [1.165, 1.54) is 16.7 Å². The molecule has 1 aromatic carbocycles. The van der Waals surface area contributed by atoms with Crippen molar-refractivity contribution in [3.05, 3.63) is 46.6 Å².